The van der Waals surface area contributed by atoms with Gasteiger partial charge in [0.2, 0.25) is 0 Å². The molecule has 0 aliphatic carbocycles. The molecular weight excluding hydrogens is 298 g/mol. The number of pyridine rings is 1. The molecule has 2 heterocycles. The zero-order valence-electron chi connectivity index (χ0n) is 12.6. The number of carbonyl (C=O) groups is 1. The number of fused-ring (bicyclic) bond motifs is 1. The lowest BCUT2D eigenvalue weighted by molar-refractivity contribution is 0.102. The van der Waals surface area contributed by atoms with E-state index in [1.807, 2.05) is 49.6 Å². The maximum Gasteiger partial charge on any atom is 0.274 e. The summed E-state index contributed by atoms with van der Waals surface area (Å²) in [5, 5.41) is 3.51. The van der Waals surface area contributed by atoms with Gasteiger partial charge in [0.15, 0.2) is 0 Å². The summed E-state index contributed by atoms with van der Waals surface area (Å²) in [5.41, 5.74) is 4.74. The van der Waals surface area contributed by atoms with Crippen LogP contribution in [0.5, 0.6) is 0 Å². The quantitative estimate of drug-likeness (QED) is 0.772. The molecule has 0 atom stereocenters. The van der Waals surface area contributed by atoms with Gasteiger partial charge in [-0.25, -0.2) is 4.98 Å². The molecule has 2 aromatic heterocycles. The monoisotopic (exact) mass is 313 g/mol. The van der Waals surface area contributed by atoms with Crippen LogP contribution in [0, 0.1) is 20.8 Å². The molecule has 3 aromatic rings. The Morgan fingerprint density at radius 1 is 1.18 bits per heavy atom. The summed E-state index contributed by atoms with van der Waals surface area (Å²) >= 11 is 6.00. The highest BCUT2D eigenvalue weighted by atomic mass is 35.5. The van der Waals surface area contributed by atoms with Gasteiger partial charge in [-0.15, -0.1) is 0 Å². The highest BCUT2D eigenvalue weighted by molar-refractivity contribution is 6.31. The van der Waals surface area contributed by atoms with E-state index in [0.717, 1.165) is 16.8 Å². The molecule has 112 valence electrons. The average molecular weight is 314 g/mol. The van der Waals surface area contributed by atoms with Crippen molar-refractivity contribution in [3.63, 3.8) is 0 Å². The molecule has 0 aliphatic rings. The summed E-state index contributed by atoms with van der Waals surface area (Å²) in [6, 6.07) is 9.31. The number of halogens is 1. The predicted molar refractivity (Wildman–Crippen MR) is 88.8 cm³/mol. The van der Waals surface area contributed by atoms with Gasteiger partial charge in [-0.1, -0.05) is 23.7 Å². The van der Waals surface area contributed by atoms with Crippen molar-refractivity contribution < 1.29 is 4.79 Å². The molecule has 0 saturated carbocycles. The van der Waals surface area contributed by atoms with Gasteiger partial charge in [-0.05, 0) is 50.1 Å². The summed E-state index contributed by atoms with van der Waals surface area (Å²) in [6.07, 6.45) is 1.85. The van der Waals surface area contributed by atoms with E-state index in [9.17, 15) is 4.79 Å². The Morgan fingerprint density at radius 3 is 2.73 bits per heavy atom. The van der Waals surface area contributed by atoms with Gasteiger partial charge >= 0.3 is 0 Å². The third-order valence-electron chi connectivity index (χ3n) is 3.68. The first kappa shape index (κ1) is 14.6. The van der Waals surface area contributed by atoms with E-state index in [1.165, 1.54) is 0 Å². The van der Waals surface area contributed by atoms with Gasteiger partial charge in [-0.2, -0.15) is 0 Å². The van der Waals surface area contributed by atoms with Crippen LogP contribution in [0.3, 0.4) is 0 Å². The zero-order chi connectivity index (χ0) is 15.9. The van der Waals surface area contributed by atoms with Gasteiger partial charge in [0.1, 0.15) is 11.3 Å². The van der Waals surface area contributed by atoms with E-state index in [0.29, 0.717) is 22.1 Å². The first-order valence-electron chi connectivity index (χ1n) is 6.99. The molecule has 0 radical (unpaired) electrons. The first-order chi connectivity index (χ1) is 10.5. The van der Waals surface area contributed by atoms with Crippen LogP contribution in [0.4, 0.5) is 5.69 Å². The Labute approximate surface area is 133 Å². The molecule has 1 aromatic carbocycles. The average Bonchev–Trinajstić information content (AvgIpc) is 2.80. The first-order valence-corrected chi connectivity index (χ1v) is 7.37. The maximum absolute atomic E-state index is 12.7. The fourth-order valence-electron chi connectivity index (χ4n) is 2.50. The van der Waals surface area contributed by atoms with Crippen molar-refractivity contribution in [3.8, 4) is 0 Å². The number of anilines is 1. The highest BCUT2D eigenvalue weighted by Crippen LogP contribution is 2.22. The topological polar surface area (TPSA) is 46.4 Å². The van der Waals surface area contributed by atoms with E-state index in [2.05, 4.69) is 10.3 Å². The van der Waals surface area contributed by atoms with Crippen molar-refractivity contribution in [2.45, 2.75) is 20.8 Å². The minimum Gasteiger partial charge on any atom is -0.320 e. The van der Waals surface area contributed by atoms with Crippen LogP contribution in [-0.4, -0.2) is 15.3 Å². The van der Waals surface area contributed by atoms with Gasteiger partial charge in [0.05, 0.1) is 5.69 Å². The largest absolute Gasteiger partial charge is 0.320 e. The van der Waals surface area contributed by atoms with Crippen molar-refractivity contribution in [2.75, 3.05) is 5.32 Å². The lowest BCUT2D eigenvalue weighted by atomic mass is 10.2. The van der Waals surface area contributed by atoms with Gasteiger partial charge in [0, 0.05) is 16.9 Å². The number of aryl methyl sites for hydroxylation is 3. The number of imidazole rings is 1. The molecule has 3 rings (SSSR count). The lowest BCUT2D eigenvalue weighted by Crippen LogP contribution is -2.16. The van der Waals surface area contributed by atoms with E-state index in [4.69, 9.17) is 11.6 Å². The number of rotatable bonds is 2. The molecule has 0 unspecified atom stereocenters. The van der Waals surface area contributed by atoms with Crippen LogP contribution in [-0.2, 0) is 0 Å². The SMILES string of the molecule is Cc1ccc(Cl)cc1NC(=O)c1c(C)nc2c(C)cccn12. The summed E-state index contributed by atoms with van der Waals surface area (Å²) in [5.74, 6) is -0.194. The second kappa shape index (κ2) is 5.46. The minimum absolute atomic E-state index is 0.194. The van der Waals surface area contributed by atoms with Crippen molar-refractivity contribution in [2.24, 2.45) is 0 Å². The third-order valence-corrected chi connectivity index (χ3v) is 3.92. The number of nitrogens with zero attached hydrogens (tertiary/aromatic N) is 2. The van der Waals surface area contributed by atoms with Crippen LogP contribution < -0.4 is 5.32 Å². The lowest BCUT2D eigenvalue weighted by Gasteiger charge is -2.09. The molecule has 0 spiro atoms. The van der Waals surface area contributed by atoms with Crippen molar-refractivity contribution in [1.82, 2.24) is 9.38 Å². The molecule has 0 aliphatic heterocycles. The van der Waals surface area contributed by atoms with Gasteiger partial charge < -0.3 is 5.32 Å². The predicted octanol–water partition coefficient (Wildman–Crippen LogP) is 4.17. The second-order valence-corrected chi connectivity index (χ2v) is 5.78. The summed E-state index contributed by atoms with van der Waals surface area (Å²) in [7, 11) is 0. The molecule has 5 heteroatoms. The number of nitrogens with one attached hydrogen (secondary N) is 1. The van der Waals surface area contributed by atoms with E-state index < -0.39 is 0 Å². The van der Waals surface area contributed by atoms with E-state index in [-0.39, 0.29) is 5.91 Å². The third kappa shape index (κ3) is 2.46. The van der Waals surface area contributed by atoms with Crippen molar-refractivity contribution >= 4 is 28.8 Å². The molecule has 0 saturated heterocycles. The number of benzene rings is 1. The van der Waals surface area contributed by atoms with E-state index >= 15 is 0 Å². The molecule has 1 amide bonds. The molecular formula is C17H16ClN3O. The number of hydrogen-bond donors (Lipinski definition) is 1. The smallest absolute Gasteiger partial charge is 0.274 e. The normalized spacial score (nSPS) is 10.9. The van der Waals surface area contributed by atoms with Gasteiger partial charge in [0.25, 0.3) is 5.91 Å². The molecule has 4 nitrogen and oxygen atoms in total. The molecule has 0 bridgehead atoms. The van der Waals surface area contributed by atoms with E-state index in [1.54, 1.807) is 12.1 Å². The Bertz CT molecular complexity index is 883. The Hall–Kier alpha value is -2.33. The summed E-state index contributed by atoms with van der Waals surface area (Å²) < 4.78 is 1.82. The number of hydrogen-bond acceptors (Lipinski definition) is 2. The number of amides is 1. The van der Waals surface area contributed by atoms with Crippen LogP contribution in [0.2, 0.25) is 5.02 Å². The molecule has 0 fully saturated rings. The fraction of sp³-hybridized carbons (Fsp3) is 0.176. The van der Waals surface area contributed by atoms with Crippen LogP contribution in [0.15, 0.2) is 36.5 Å². The minimum atomic E-state index is -0.194. The van der Waals surface area contributed by atoms with Crippen LogP contribution in [0.1, 0.15) is 27.3 Å². The summed E-state index contributed by atoms with van der Waals surface area (Å²) in [6.45, 7) is 5.74. The standard InChI is InChI=1S/C17H16ClN3O/c1-10-6-7-13(18)9-14(10)20-17(22)15-12(3)19-16-11(2)5-4-8-21(15)16/h4-9H,1-3H3,(H,20,22). The molecule has 1 N–H and O–H groups in total. The fourth-order valence-corrected chi connectivity index (χ4v) is 2.67. The number of aromatic nitrogens is 2. The Kier molecular flexibility index (Phi) is 3.62. The molecule has 22 heavy (non-hydrogen) atoms. The van der Waals surface area contributed by atoms with Crippen LogP contribution in [0.25, 0.3) is 5.65 Å². The number of carbonyl (C=O) groups excluding carboxylic acids is 1. The van der Waals surface area contributed by atoms with Crippen molar-refractivity contribution in [1.29, 1.82) is 0 Å². The van der Waals surface area contributed by atoms with Crippen LogP contribution >= 0.6 is 11.6 Å². The summed E-state index contributed by atoms with van der Waals surface area (Å²) in [4.78, 5) is 17.2. The maximum atomic E-state index is 12.7. The highest BCUT2D eigenvalue weighted by Gasteiger charge is 2.18. The second-order valence-electron chi connectivity index (χ2n) is 5.34. The Morgan fingerprint density at radius 2 is 1.95 bits per heavy atom. The van der Waals surface area contributed by atoms with Crippen molar-refractivity contribution in [3.05, 3.63) is 64.1 Å². The zero-order valence-corrected chi connectivity index (χ0v) is 13.4. The van der Waals surface area contributed by atoms with Gasteiger partial charge in [-0.3, -0.25) is 9.20 Å². The Balaban J connectivity index is 2.04.